The SMILES string of the molecule is Cc1ccc(NC(=O)N2CCCCC2c2ccccn2)c(F)c1. The summed E-state index contributed by atoms with van der Waals surface area (Å²) in [5.41, 5.74) is 1.92. The number of halogens is 1. The average Bonchev–Trinajstić information content (AvgIpc) is 2.58. The van der Waals surface area contributed by atoms with E-state index in [1.807, 2.05) is 25.1 Å². The molecule has 120 valence electrons. The van der Waals surface area contributed by atoms with Crippen molar-refractivity contribution in [1.82, 2.24) is 9.88 Å². The van der Waals surface area contributed by atoms with Gasteiger partial charge in [0.25, 0.3) is 0 Å². The zero-order valence-electron chi connectivity index (χ0n) is 13.1. The molecule has 0 bridgehead atoms. The number of aromatic nitrogens is 1. The van der Waals surface area contributed by atoms with Crippen LogP contribution in [0.1, 0.15) is 36.6 Å². The van der Waals surface area contributed by atoms with E-state index in [1.54, 1.807) is 23.2 Å². The largest absolute Gasteiger partial charge is 0.322 e. The standard InChI is InChI=1S/C18H20FN3O/c1-13-8-9-15(14(19)12-13)21-18(23)22-11-5-3-7-17(22)16-6-2-4-10-20-16/h2,4,6,8-10,12,17H,3,5,7,11H2,1H3,(H,21,23). The lowest BCUT2D eigenvalue weighted by Crippen LogP contribution is -2.41. The smallest absolute Gasteiger partial charge is 0.316 e. The van der Waals surface area contributed by atoms with Gasteiger partial charge in [0.2, 0.25) is 0 Å². The van der Waals surface area contributed by atoms with Gasteiger partial charge in [0.1, 0.15) is 5.82 Å². The summed E-state index contributed by atoms with van der Waals surface area (Å²) < 4.78 is 14.0. The summed E-state index contributed by atoms with van der Waals surface area (Å²) >= 11 is 0. The molecule has 1 fully saturated rings. The maximum Gasteiger partial charge on any atom is 0.322 e. The number of carbonyl (C=O) groups is 1. The number of nitrogens with one attached hydrogen (secondary N) is 1. The Labute approximate surface area is 135 Å². The van der Waals surface area contributed by atoms with Crippen LogP contribution in [-0.4, -0.2) is 22.5 Å². The van der Waals surface area contributed by atoms with Crippen molar-refractivity contribution >= 4 is 11.7 Å². The molecular formula is C18H20FN3O. The fraction of sp³-hybridized carbons (Fsp3) is 0.333. The lowest BCUT2D eigenvalue weighted by Gasteiger charge is -2.35. The number of anilines is 1. The van der Waals surface area contributed by atoms with Crippen LogP contribution in [0.5, 0.6) is 0 Å². The molecule has 1 saturated heterocycles. The molecule has 5 heteroatoms. The third-order valence-electron chi connectivity index (χ3n) is 4.16. The summed E-state index contributed by atoms with van der Waals surface area (Å²) in [6.07, 6.45) is 4.62. The molecule has 2 aromatic rings. The first-order valence-corrected chi connectivity index (χ1v) is 7.90. The summed E-state index contributed by atoms with van der Waals surface area (Å²) in [6.45, 7) is 2.47. The molecule has 1 aromatic carbocycles. The molecule has 1 aliphatic heterocycles. The van der Waals surface area contributed by atoms with E-state index in [0.717, 1.165) is 30.5 Å². The molecule has 4 nitrogen and oxygen atoms in total. The maximum atomic E-state index is 14.0. The molecule has 0 aliphatic carbocycles. The molecule has 3 rings (SSSR count). The van der Waals surface area contributed by atoms with E-state index in [9.17, 15) is 9.18 Å². The Balaban J connectivity index is 1.79. The zero-order valence-corrected chi connectivity index (χ0v) is 13.1. The second-order valence-corrected chi connectivity index (χ2v) is 5.87. The Morgan fingerprint density at radius 1 is 1.30 bits per heavy atom. The first-order chi connectivity index (χ1) is 11.1. The predicted octanol–water partition coefficient (Wildman–Crippen LogP) is 4.29. The quantitative estimate of drug-likeness (QED) is 0.899. The monoisotopic (exact) mass is 313 g/mol. The molecule has 2 amide bonds. The van der Waals surface area contributed by atoms with Gasteiger partial charge in [-0.05, 0) is 56.0 Å². The van der Waals surface area contributed by atoms with E-state index in [0.29, 0.717) is 6.54 Å². The Hall–Kier alpha value is -2.43. The number of nitrogens with zero attached hydrogens (tertiary/aromatic N) is 2. The summed E-state index contributed by atoms with van der Waals surface area (Å²) in [6, 6.07) is 10.2. The number of hydrogen-bond acceptors (Lipinski definition) is 2. The van der Waals surface area contributed by atoms with Crippen molar-refractivity contribution in [3.63, 3.8) is 0 Å². The van der Waals surface area contributed by atoms with E-state index in [2.05, 4.69) is 10.3 Å². The molecule has 1 unspecified atom stereocenters. The van der Waals surface area contributed by atoms with Gasteiger partial charge in [-0.25, -0.2) is 9.18 Å². The Bertz CT molecular complexity index is 690. The number of carbonyl (C=O) groups excluding carboxylic acids is 1. The summed E-state index contributed by atoms with van der Waals surface area (Å²) in [7, 11) is 0. The van der Waals surface area contributed by atoms with Crippen molar-refractivity contribution in [2.45, 2.75) is 32.2 Å². The van der Waals surface area contributed by atoms with Crippen LogP contribution >= 0.6 is 0 Å². The van der Waals surface area contributed by atoms with Gasteiger partial charge in [0.05, 0.1) is 17.4 Å². The number of likely N-dealkylation sites (tertiary alicyclic amines) is 1. The molecule has 1 atom stereocenters. The van der Waals surface area contributed by atoms with Crippen LogP contribution < -0.4 is 5.32 Å². The topological polar surface area (TPSA) is 45.2 Å². The van der Waals surface area contributed by atoms with Crippen molar-refractivity contribution in [2.24, 2.45) is 0 Å². The van der Waals surface area contributed by atoms with Crippen LogP contribution in [0.2, 0.25) is 0 Å². The highest BCUT2D eigenvalue weighted by Gasteiger charge is 2.29. The van der Waals surface area contributed by atoms with Crippen LogP contribution in [-0.2, 0) is 0 Å². The highest BCUT2D eigenvalue weighted by Crippen LogP contribution is 2.30. The number of amides is 2. The first kappa shape index (κ1) is 15.5. The highest BCUT2D eigenvalue weighted by atomic mass is 19.1. The van der Waals surface area contributed by atoms with E-state index in [4.69, 9.17) is 0 Å². The molecule has 0 spiro atoms. The molecule has 0 radical (unpaired) electrons. The van der Waals surface area contributed by atoms with E-state index in [1.165, 1.54) is 6.07 Å². The number of rotatable bonds is 2. The van der Waals surface area contributed by atoms with Crippen molar-refractivity contribution in [3.8, 4) is 0 Å². The number of urea groups is 1. The van der Waals surface area contributed by atoms with Crippen LogP contribution in [0, 0.1) is 12.7 Å². The lowest BCUT2D eigenvalue weighted by atomic mass is 9.99. The second-order valence-electron chi connectivity index (χ2n) is 5.87. The van der Waals surface area contributed by atoms with E-state index < -0.39 is 5.82 Å². The Morgan fingerprint density at radius 3 is 2.91 bits per heavy atom. The van der Waals surface area contributed by atoms with Crippen LogP contribution in [0.3, 0.4) is 0 Å². The van der Waals surface area contributed by atoms with Crippen LogP contribution in [0.15, 0.2) is 42.6 Å². The van der Waals surface area contributed by atoms with E-state index in [-0.39, 0.29) is 17.8 Å². The minimum Gasteiger partial charge on any atom is -0.316 e. The van der Waals surface area contributed by atoms with Crippen molar-refractivity contribution in [3.05, 3.63) is 59.7 Å². The van der Waals surface area contributed by atoms with Gasteiger partial charge in [0.15, 0.2) is 0 Å². The van der Waals surface area contributed by atoms with Gasteiger partial charge in [-0.15, -0.1) is 0 Å². The van der Waals surface area contributed by atoms with Crippen LogP contribution in [0.4, 0.5) is 14.9 Å². The number of hydrogen-bond donors (Lipinski definition) is 1. The highest BCUT2D eigenvalue weighted by molar-refractivity contribution is 5.89. The zero-order chi connectivity index (χ0) is 16.2. The number of piperidine rings is 1. The molecule has 1 aromatic heterocycles. The molecular weight excluding hydrogens is 293 g/mol. The second kappa shape index (κ2) is 6.77. The minimum absolute atomic E-state index is 0.0570. The predicted molar refractivity (Wildman–Crippen MR) is 87.7 cm³/mol. The third kappa shape index (κ3) is 3.50. The fourth-order valence-electron chi connectivity index (χ4n) is 2.96. The third-order valence-corrected chi connectivity index (χ3v) is 4.16. The summed E-state index contributed by atoms with van der Waals surface area (Å²) in [5, 5.41) is 2.69. The molecule has 1 N–H and O–H groups in total. The average molecular weight is 313 g/mol. The number of pyridine rings is 1. The normalized spacial score (nSPS) is 17.8. The lowest BCUT2D eigenvalue weighted by molar-refractivity contribution is 0.161. The van der Waals surface area contributed by atoms with Gasteiger partial charge in [-0.2, -0.15) is 0 Å². The molecule has 2 heterocycles. The van der Waals surface area contributed by atoms with Crippen molar-refractivity contribution in [2.75, 3.05) is 11.9 Å². The van der Waals surface area contributed by atoms with Gasteiger partial charge in [0, 0.05) is 12.7 Å². The van der Waals surface area contributed by atoms with Crippen molar-refractivity contribution in [1.29, 1.82) is 0 Å². The van der Waals surface area contributed by atoms with Gasteiger partial charge in [-0.3, -0.25) is 4.98 Å². The summed E-state index contributed by atoms with van der Waals surface area (Å²) in [5.74, 6) is -0.412. The first-order valence-electron chi connectivity index (χ1n) is 7.90. The summed E-state index contributed by atoms with van der Waals surface area (Å²) in [4.78, 5) is 18.7. The van der Waals surface area contributed by atoms with Gasteiger partial charge >= 0.3 is 6.03 Å². The molecule has 0 saturated carbocycles. The Kier molecular flexibility index (Phi) is 4.55. The van der Waals surface area contributed by atoms with E-state index >= 15 is 0 Å². The molecule has 1 aliphatic rings. The minimum atomic E-state index is -0.412. The van der Waals surface area contributed by atoms with Crippen LogP contribution in [0.25, 0.3) is 0 Å². The number of benzene rings is 1. The molecule has 23 heavy (non-hydrogen) atoms. The fourth-order valence-corrected chi connectivity index (χ4v) is 2.96. The van der Waals surface area contributed by atoms with Crippen molar-refractivity contribution < 1.29 is 9.18 Å². The van der Waals surface area contributed by atoms with Gasteiger partial charge in [-0.1, -0.05) is 12.1 Å². The maximum absolute atomic E-state index is 14.0. The number of aryl methyl sites for hydroxylation is 1. The van der Waals surface area contributed by atoms with Gasteiger partial charge < -0.3 is 10.2 Å². The Morgan fingerprint density at radius 2 is 2.17 bits per heavy atom.